The lowest BCUT2D eigenvalue weighted by Crippen LogP contribution is -2.22. The second-order valence-corrected chi connectivity index (χ2v) is 5.97. The molecule has 0 aromatic heterocycles. The molecule has 0 aliphatic carbocycles. The van der Waals surface area contributed by atoms with E-state index in [1.54, 1.807) is 12.1 Å². The molecular formula is C17H19BrFNO. The Kier molecular flexibility index (Phi) is 5.37. The first-order chi connectivity index (χ1) is 10.0. The summed E-state index contributed by atoms with van der Waals surface area (Å²) in [5.74, 6) is -0.0650. The van der Waals surface area contributed by atoms with E-state index in [0.29, 0.717) is 0 Å². The Morgan fingerprint density at radius 3 is 2.33 bits per heavy atom. The van der Waals surface area contributed by atoms with Crippen LogP contribution in [0.5, 0.6) is 5.75 Å². The minimum Gasteiger partial charge on any atom is -0.494 e. The number of nitrogens with one attached hydrogen (secondary N) is 1. The van der Waals surface area contributed by atoms with E-state index in [1.807, 2.05) is 12.1 Å². The highest BCUT2D eigenvalue weighted by molar-refractivity contribution is 9.10. The molecule has 21 heavy (non-hydrogen) atoms. The van der Waals surface area contributed by atoms with E-state index in [-0.39, 0.29) is 23.7 Å². The van der Waals surface area contributed by atoms with Gasteiger partial charge in [-0.15, -0.1) is 0 Å². The van der Waals surface area contributed by atoms with Crippen molar-refractivity contribution in [3.8, 4) is 5.75 Å². The van der Waals surface area contributed by atoms with Gasteiger partial charge in [0.2, 0.25) is 0 Å². The minimum absolute atomic E-state index is 0.0912. The molecule has 0 fully saturated rings. The molecule has 2 aromatic rings. The molecule has 0 saturated carbocycles. The summed E-state index contributed by atoms with van der Waals surface area (Å²) >= 11 is 3.48. The summed E-state index contributed by atoms with van der Waals surface area (Å²) in [6.45, 7) is 4.17. The van der Waals surface area contributed by atoms with Crippen molar-refractivity contribution in [2.75, 3.05) is 7.11 Å². The number of benzene rings is 2. The topological polar surface area (TPSA) is 21.3 Å². The van der Waals surface area contributed by atoms with E-state index in [9.17, 15) is 4.39 Å². The van der Waals surface area contributed by atoms with Gasteiger partial charge in [0.15, 0.2) is 11.6 Å². The van der Waals surface area contributed by atoms with Gasteiger partial charge in [0.1, 0.15) is 0 Å². The lowest BCUT2D eigenvalue weighted by Gasteiger charge is -2.21. The molecule has 0 aliphatic rings. The Bertz CT molecular complexity index is 617. The van der Waals surface area contributed by atoms with Crippen LogP contribution in [0.25, 0.3) is 0 Å². The van der Waals surface area contributed by atoms with Gasteiger partial charge in [-0.1, -0.05) is 34.1 Å². The molecule has 0 radical (unpaired) electrons. The normalized spacial score (nSPS) is 13.8. The first-order valence-corrected chi connectivity index (χ1v) is 7.65. The Labute approximate surface area is 133 Å². The summed E-state index contributed by atoms with van der Waals surface area (Å²) in [5, 5.41) is 3.51. The first-order valence-electron chi connectivity index (χ1n) is 6.86. The van der Waals surface area contributed by atoms with Crippen LogP contribution in [0.15, 0.2) is 46.9 Å². The Hall–Kier alpha value is -1.39. The SMILES string of the molecule is COc1cc(C(C)NC(C)c2cccc(Br)c2)ccc1F. The van der Waals surface area contributed by atoms with Crippen LogP contribution in [0, 0.1) is 5.82 Å². The summed E-state index contributed by atoms with van der Waals surface area (Å²) in [7, 11) is 1.48. The number of rotatable bonds is 5. The summed E-state index contributed by atoms with van der Waals surface area (Å²) in [6.07, 6.45) is 0. The van der Waals surface area contributed by atoms with E-state index in [1.165, 1.54) is 18.7 Å². The van der Waals surface area contributed by atoms with Crippen molar-refractivity contribution in [3.05, 3.63) is 63.9 Å². The quantitative estimate of drug-likeness (QED) is 0.817. The Morgan fingerprint density at radius 2 is 1.71 bits per heavy atom. The molecule has 2 rings (SSSR count). The monoisotopic (exact) mass is 351 g/mol. The van der Waals surface area contributed by atoms with Crippen molar-refractivity contribution in [3.63, 3.8) is 0 Å². The average Bonchev–Trinajstić information content (AvgIpc) is 2.47. The molecule has 2 aromatic carbocycles. The molecule has 0 heterocycles. The molecule has 0 spiro atoms. The zero-order valence-electron chi connectivity index (χ0n) is 12.4. The van der Waals surface area contributed by atoms with E-state index < -0.39 is 0 Å². The third-order valence-corrected chi connectivity index (χ3v) is 4.02. The van der Waals surface area contributed by atoms with Gasteiger partial charge in [-0.2, -0.15) is 0 Å². The van der Waals surface area contributed by atoms with Crippen molar-refractivity contribution in [2.45, 2.75) is 25.9 Å². The molecule has 0 bridgehead atoms. The maximum atomic E-state index is 13.5. The summed E-state index contributed by atoms with van der Waals surface area (Å²) in [6, 6.07) is 13.4. The van der Waals surface area contributed by atoms with Gasteiger partial charge in [-0.3, -0.25) is 0 Å². The molecule has 2 nitrogen and oxygen atoms in total. The third kappa shape index (κ3) is 4.05. The predicted molar refractivity (Wildman–Crippen MR) is 87.1 cm³/mol. The van der Waals surface area contributed by atoms with Crippen molar-refractivity contribution >= 4 is 15.9 Å². The van der Waals surface area contributed by atoms with Crippen LogP contribution < -0.4 is 10.1 Å². The van der Waals surface area contributed by atoms with Crippen LogP contribution in [-0.2, 0) is 0 Å². The van der Waals surface area contributed by atoms with Crippen LogP contribution >= 0.6 is 15.9 Å². The second kappa shape index (κ2) is 7.05. The van der Waals surface area contributed by atoms with Gasteiger partial charge >= 0.3 is 0 Å². The molecule has 0 saturated heterocycles. The van der Waals surface area contributed by atoms with Gasteiger partial charge in [-0.25, -0.2) is 4.39 Å². The molecule has 4 heteroatoms. The first kappa shape index (κ1) is 16.0. The zero-order chi connectivity index (χ0) is 15.4. The fraction of sp³-hybridized carbons (Fsp3) is 0.294. The van der Waals surface area contributed by atoms with Crippen LogP contribution in [-0.4, -0.2) is 7.11 Å². The van der Waals surface area contributed by atoms with Gasteiger partial charge in [-0.05, 0) is 49.2 Å². The van der Waals surface area contributed by atoms with Crippen LogP contribution in [0.3, 0.4) is 0 Å². The van der Waals surface area contributed by atoms with Crippen molar-refractivity contribution < 1.29 is 9.13 Å². The van der Waals surface area contributed by atoms with Crippen molar-refractivity contribution in [2.24, 2.45) is 0 Å². The molecule has 112 valence electrons. The van der Waals surface area contributed by atoms with Gasteiger partial charge < -0.3 is 10.1 Å². The lowest BCUT2D eigenvalue weighted by atomic mass is 10.0. The van der Waals surface area contributed by atoms with E-state index >= 15 is 0 Å². The minimum atomic E-state index is -0.339. The highest BCUT2D eigenvalue weighted by Crippen LogP contribution is 2.25. The summed E-state index contributed by atoms with van der Waals surface area (Å²) < 4.78 is 19.5. The van der Waals surface area contributed by atoms with Gasteiger partial charge in [0.05, 0.1) is 7.11 Å². The molecule has 1 N–H and O–H groups in total. The smallest absolute Gasteiger partial charge is 0.165 e. The molecule has 0 amide bonds. The molecule has 2 unspecified atom stereocenters. The maximum Gasteiger partial charge on any atom is 0.165 e. The number of methoxy groups -OCH3 is 1. The largest absolute Gasteiger partial charge is 0.494 e. The predicted octanol–water partition coefficient (Wildman–Crippen LogP) is 5.01. The highest BCUT2D eigenvalue weighted by atomic mass is 79.9. The molecular weight excluding hydrogens is 333 g/mol. The summed E-state index contributed by atoms with van der Waals surface area (Å²) in [4.78, 5) is 0. The Balaban J connectivity index is 2.12. The van der Waals surface area contributed by atoms with Gasteiger partial charge in [0, 0.05) is 16.6 Å². The fourth-order valence-corrected chi connectivity index (χ4v) is 2.71. The number of hydrogen-bond donors (Lipinski definition) is 1. The number of ether oxygens (including phenoxy) is 1. The zero-order valence-corrected chi connectivity index (χ0v) is 13.9. The summed E-state index contributed by atoms with van der Waals surface area (Å²) in [5.41, 5.74) is 2.19. The van der Waals surface area contributed by atoms with Crippen molar-refractivity contribution in [1.29, 1.82) is 0 Å². The van der Waals surface area contributed by atoms with Crippen LogP contribution in [0.4, 0.5) is 4.39 Å². The highest BCUT2D eigenvalue weighted by Gasteiger charge is 2.13. The maximum absolute atomic E-state index is 13.5. The van der Waals surface area contributed by atoms with Gasteiger partial charge in [0.25, 0.3) is 0 Å². The average molecular weight is 352 g/mol. The third-order valence-electron chi connectivity index (χ3n) is 3.52. The fourth-order valence-electron chi connectivity index (χ4n) is 2.29. The molecule has 2 atom stereocenters. The van der Waals surface area contributed by atoms with E-state index in [4.69, 9.17) is 4.74 Å². The standard InChI is InChI=1S/C17H19BrFNO/c1-11(13-5-4-6-15(18)9-13)20-12(2)14-7-8-16(19)17(10-14)21-3/h4-12,20H,1-3H3. The van der Waals surface area contributed by atoms with Crippen LogP contribution in [0.1, 0.15) is 37.1 Å². The molecule has 0 aliphatic heterocycles. The van der Waals surface area contributed by atoms with Crippen LogP contribution in [0.2, 0.25) is 0 Å². The Morgan fingerprint density at radius 1 is 1.05 bits per heavy atom. The van der Waals surface area contributed by atoms with E-state index in [0.717, 1.165) is 10.0 Å². The number of halogens is 2. The van der Waals surface area contributed by atoms with Crippen molar-refractivity contribution in [1.82, 2.24) is 5.32 Å². The van der Waals surface area contributed by atoms with E-state index in [2.05, 4.69) is 47.2 Å². The lowest BCUT2D eigenvalue weighted by molar-refractivity contribution is 0.384. The second-order valence-electron chi connectivity index (χ2n) is 5.06. The number of hydrogen-bond acceptors (Lipinski definition) is 2.